The van der Waals surface area contributed by atoms with Gasteiger partial charge >= 0.3 is 0 Å². The molecule has 0 N–H and O–H groups in total. The van der Waals surface area contributed by atoms with Crippen molar-refractivity contribution in [2.45, 2.75) is 111 Å². The van der Waals surface area contributed by atoms with Crippen molar-refractivity contribution >= 4 is 0 Å². The highest BCUT2D eigenvalue weighted by Gasteiger charge is 2.55. The van der Waals surface area contributed by atoms with Crippen LogP contribution in [-0.4, -0.2) is 0 Å². The molecule has 4 fully saturated rings. The van der Waals surface area contributed by atoms with Crippen LogP contribution in [0.1, 0.15) is 111 Å². The van der Waals surface area contributed by atoms with E-state index in [4.69, 9.17) is 0 Å². The van der Waals surface area contributed by atoms with Gasteiger partial charge in [-0.05, 0) is 131 Å². The number of fused-ring (bicyclic) bond motifs is 5. The Morgan fingerprint density at radius 1 is 0.862 bits per heavy atom. The van der Waals surface area contributed by atoms with Crippen molar-refractivity contribution in [3.05, 3.63) is 24.3 Å². The van der Waals surface area contributed by atoms with Gasteiger partial charge in [-0.1, -0.05) is 44.4 Å². The Labute approximate surface area is 182 Å². The lowest BCUT2D eigenvalue weighted by atomic mass is 9.47. The number of allylic oxidation sites excluding steroid dienone is 2. The SMILES string of the molecule is C=C(C)CCC(=C)CCC(C)C1CCC2C1CCC1C2CCC2CCCCC21C. The van der Waals surface area contributed by atoms with Crippen molar-refractivity contribution in [2.75, 3.05) is 0 Å². The molecule has 0 spiro atoms. The minimum atomic E-state index is 0.705. The molecule has 0 nitrogen and oxygen atoms in total. The van der Waals surface area contributed by atoms with Gasteiger partial charge < -0.3 is 0 Å². The second kappa shape index (κ2) is 8.92. The van der Waals surface area contributed by atoms with Gasteiger partial charge in [-0.3, -0.25) is 0 Å². The average Bonchev–Trinajstić information content (AvgIpc) is 3.14. The molecule has 0 bridgehead atoms. The zero-order valence-corrected chi connectivity index (χ0v) is 19.9. The summed E-state index contributed by atoms with van der Waals surface area (Å²) in [6.07, 6.45) is 20.3. The van der Waals surface area contributed by atoms with E-state index in [0.29, 0.717) is 5.41 Å². The molecule has 29 heavy (non-hydrogen) atoms. The lowest BCUT2D eigenvalue weighted by Crippen LogP contribution is -2.50. The Kier molecular flexibility index (Phi) is 6.67. The topological polar surface area (TPSA) is 0 Å². The van der Waals surface area contributed by atoms with Crippen LogP contribution in [0.4, 0.5) is 0 Å². The van der Waals surface area contributed by atoms with Gasteiger partial charge in [0.05, 0.1) is 0 Å². The molecule has 4 aliphatic rings. The van der Waals surface area contributed by atoms with E-state index in [0.717, 1.165) is 54.3 Å². The summed E-state index contributed by atoms with van der Waals surface area (Å²) in [4.78, 5) is 0. The van der Waals surface area contributed by atoms with Crippen molar-refractivity contribution in [1.29, 1.82) is 0 Å². The van der Waals surface area contributed by atoms with E-state index in [1.165, 1.54) is 43.3 Å². The molecule has 4 saturated carbocycles. The van der Waals surface area contributed by atoms with Crippen LogP contribution in [0.5, 0.6) is 0 Å². The summed E-state index contributed by atoms with van der Waals surface area (Å²) in [7, 11) is 0. The maximum Gasteiger partial charge on any atom is -0.0266 e. The number of rotatable bonds is 7. The number of hydrogen-bond donors (Lipinski definition) is 0. The van der Waals surface area contributed by atoms with E-state index < -0.39 is 0 Å². The molecule has 8 atom stereocenters. The third-order valence-electron chi connectivity index (χ3n) is 10.5. The van der Waals surface area contributed by atoms with E-state index in [9.17, 15) is 0 Å². The Balaban J connectivity index is 1.34. The second-order valence-electron chi connectivity index (χ2n) is 12.2. The van der Waals surface area contributed by atoms with E-state index in [2.05, 4.69) is 33.9 Å². The summed E-state index contributed by atoms with van der Waals surface area (Å²) < 4.78 is 0. The van der Waals surface area contributed by atoms with Crippen LogP contribution in [0.2, 0.25) is 0 Å². The van der Waals surface area contributed by atoms with Gasteiger partial charge in [-0.25, -0.2) is 0 Å². The Morgan fingerprint density at radius 3 is 2.41 bits per heavy atom. The van der Waals surface area contributed by atoms with Crippen LogP contribution in [0, 0.1) is 46.8 Å². The number of hydrogen-bond acceptors (Lipinski definition) is 0. The van der Waals surface area contributed by atoms with Crippen LogP contribution >= 0.6 is 0 Å². The van der Waals surface area contributed by atoms with E-state index in [-0.39, 0.29) is 0 Å². The van der Waals surface area contributed by atoms with Gasteiger partial charge in [0.25, 0.3) is 0 Å². The first-order chi connectivity index (χ1) is 13.9. The van der Waals surface area contributed by atoms with Crippen molar-refractivity contribution < 1.29 is 0 Å². The third kappa shape index (κ3) is 4.29. The van der Waals surface area contributed by atoms with Crippen molar-refractivity contribution in [1.82, 2.24) is 0 Å². The average molecular weight is 397 g/mol. The smallest absolute Gasteiger partial charge is 0.0266 e. The zero-order chi connectivity index (χ0) is 20.6. The second-order valence-corrected chi connectivity index (χ2v) is 12.2. The molecule has 164 valence electrons. The molecule has 0 amide bonds. The highest BCUT2D eigenvalue weighted by molar-refractivity contribution is 5.06. The fraction of sp³-hybridized carbons (Fsp3) is 0.862. The molecule has 4 aliphatic carbocycles. The highest BCUT2D eigenvalue weighted by Crippen LogP contribution is 2.64. The lowest BCUT2D eigenvalue weighted by molar-refractivity contribution is -0.0886. The molecule has 4 rings (SSSR count). The van der Waals surface area contributed by atoms with Crippen LogP contribution in [0.15, 0.2) is 24.3 Å². The predicted molar refractivity (Wildman–Crippen MR) is 127 cm³/mol. The molecule has 0 aromatic rings. The predicted octanol–water partition coefficient (Wildman–Crippen LogP) is 8.97. The highest BCUT2D eigenvalue weighted by atomic mass is 14.6. The lowest BCUT2D eigenvalue weighted by Gasteiger charge is -2.58. The fourth-order valence-electron chi connectivity index (χ4n) is 8.86. The van der Waals surface area contributed by atoms with Crippen LogP contribution in [0.25, 0.3) is 0 Å². The monoisotopic (exact) mass is 396 g/mol. The minimum absolute atomic E-state index is 0.705. The van der Waals surface area contributed by atoms with Gasteiger partial charge in [-0.15, -0.1) is 6.58 Å². The summed E-state index contributed by atoms with van der Waals surface area (Å²) in [6, 6.07) is 0. The maximum absolute atomic E-state index is 4.37. The van der Waals surface area contributed by atoms with Gasteiger partial charge in [0.15, 0.2) is 0 Å². The summed E-state index contributed by atoms with van der Waals surface area (Å²) >= 11 is 0. The molecule has 0 aromatic heterocycles. The van der Waals surface area contributed by atoms with Gasteiger partial charge in [-0.2, -0.15) is 0 Å². The maximum atomic E-state index is 4.37. The summed E-state index contributed by atoms with van der Waals surface area (Å²) in [5, 5.41) is 0. The molecular weight excluding hydrogens is 348 g/mol. The Bertz CT molecular complexity index is 599. The molecular formula is C29H48. The van der Waals surface area contributed by atoms with Gasteiger partial charge in [0.1, 0.15) is 0 Å². The Morgan fingerprint density at radius 2 is 1.62 bits per heavy atom. The third-order valence-corrected chi connectivity index (χ3v) is 10.5. The van der Waals surface area contributed by atoms with Crippen molar-refractivity contribution in [3.63, 3.8) is 0 Å². The van der Waals surface area contributed by atoms with Gasteiger partial charge in [0, 0.05) is 0 Å². The Hall–Kier alpha value is -0.520. The molecule has 8 unspecified atom stereocenters. The first-order valence-corrected chi connectivity index (χ1v) is 13.2. The van der Waals surface area contributed by atoms with Crippen LogP contribution in [-0.2, 0) is 0 Å². The normalized spacial score (nSPS) is 42.4. The zero-order valence-electron chi connectivity index (χ0n) is 19.9. The molecule has 0 aromatic carbocycles. The van der Waals surface area contributed by atoms with Gasteiger partial charge in [0.2, 0.25) is 0 Å². The minimum Gasteiger partial charge on any atom is -0.100 e. The largest absolute Gasteiger partial charge is 0.100 e. The summed E-state index contributed by atoms with van der Waals surface area (Å²) in [5.41, 5.74) is 3.47. The molecule has 0 saturated heterocycles. The van der Waals surface area contributed by atoms with Crippen molar-refractivity contribution in [3.8, 4) is 0 Å². The van der Waals surface area contributed by atoms with Crippen molar-refractivity contribution in [2.24, 2.45) is 46.8 Å². The quantitative estimate of drug-likeness (QED) is 0.377. The first kappa shape index (κ1) is 21.7. The van der Waals surface area contributed by atoms with E-state index in [1.807, 2.05) is 0 Å². The standard InChI is InChI=1S/C29H48/c1-20(2)9-10-21(3)11-12-22(4)24-15-16-26-25(24)17-18-28-27(26)14-13-23-8-6-7-19-29(23,28)5/h22-28H,1,3,6-19H2,2,4-5H3. The fourth-order valence-corrected chi connectivity index (χ4v) is 8.86. The van der Waals surface area contributed by atoms with E-state index in [1.54, 1.807) is 44.9 Å². The molecule has 0 aliphatic heterocycles. The van der Waals surface area contributed by atoms with Crippen LogP contribution < -0.4 is 0 Å². The summed E-state index contributed by atoms with van der Waals surface area (Å²) in [5.74, 6) is 7.24. The summed E-state index contributed by atoms with van der Waals surface area (Å²) in [6.45, 7) is 15.9. The molecule has 0 heteroatoms. The van der Waals surface area contributed by atoms with E-state index >= 15 is 0 Å². The van der Waals surface area contributed by atoms with Crippen LogP contribution in [0.3, 0.4) is 0 Å². The molecule has 0 heterocycles. The first-order valence-electron chi connectivity index (χ1n) is 13.2. The molecule has 0 radical (unpaired) electrons.